The minimum Gasteiger partial charge on any atom is -0.492 e. The Balaban J connectivity index is 1.88. The quantitative estimate of drug-likeness (QED) is 0.489. The Labute approximate surface area is 163 Å². The van der Waals surface area contributed by atoms with Crippen molar-refractivity contribution in [1.29, 1.82) is 0 Å². The number of imide groups is 1. The molecule has 0 bridgehead atoms. The van der Waals surface area contributed by atoms with Crippen LogP contribution in [0.4, 0.5) is 10.5 Å². The molecule has 1 aromatic rings. The summed E-state index contributed by atoms with van der Waals surface area (Å²) in [5.74, 6) is -1.37. The molecule has 1 fully saturated rings. The number of para-hydroxylation sites is 2. The topological polar surface area (TPSA) is 114 Å². The van der Waals surface area contributed by atoms with Crippen molar-refractivity contribution in [3.63, 3.8) is 0 Å². The maximum absolute atomic E-state index is 12.5. The molecule has 1 aromatic carbocycles. The number of ether oxygens (including phenoxy) is 2. The minimum absolute atomic E-state index is 0.418. The summed E-state index contributed by atoms with van der Waals surface area (Å²) in [4.78, 5) is 49.3. The summed E-state index contributed by atoms with van der Waals surface area (Å²) in [6.07, 6.45) is 0.836. The van der Waals surface area contributed by atoms with E-state index in [9.17, 15) is 19.2 Å². The first-order chi connectivity index (χ1) is 13.4. The number of amides is 4. The molecule has 4 amide bonds. The van der Waals surface area contributed by atoms with Gasteiger partial charge in [-0.3, -0.25) is 19.3 Å². The maximum Gasteiger partial charge on any atom is 0.326 e. The first-order valence-corrected chi connectivity index (χ1v) is 9.18. The molecule has 2 N–H and O–H groups in total. The van der Waals surface area contributed by atoms with E-state index >= 15 is 0 Å². The van der Waals surface area contributed by atoms with Gasteiger partial charge in [-0.05, 0) is 31.9 Å². The second kappa shape index (κ2) is 9.20. The lowest BCUT2D eigenvalue weighted by Gasteiger charge is -2.22. The lowest BCUT2D eigenvalue weighted by atomic mass is 9.93. The van der Waals surface area contributed by atoms with Crippen LogP contribution in [0.5, 0.6) is 5.75 Å². The number of esters is 1. The van der Waals surface area contributed by atoms with Crippen molar-refractivity contribution in [2.24, 2.45) is 0 Å². The van der Waals surface area contributed by atoms with Gasteiger partial charge < -0.3 is 20.1 Å². The van der Waals surface area contributed by atoms with Gasteiger partial charge in [0.2, 0.25) is 0 Å². The van der Waals surface area contributed by atoms with Crippen LogP contribution < -0.4 is 15.4 Å². The van der Waals surface area contributed by atoms with Crippen molar-refractivity contribution in [1.82, 2.24) is 10.2 Å². The zero-order chi connectivity index (χ0) is 20.7. The van der Waals surface area contributed by atoms with E-state index in [0.717, 1.165) is 4.90 Å². The molecule has 9 heteroatoms. The van der Waals surface area contributed by atoms with Gasteiger partial charge in [-0.15, -0.1) is 0 Å². The number of hydrogen-bond donors (Lipinski definition) is 2. The van der Waals surface area contributed by atoms with Gasteiger partial charge in [-0.2, -0.15) is 0 Å². The van der Waals surface area contributed by atoms with E-state index in [1.807, 2.05) is 6.92 Å². The summed E-state index contributed by atoms with van der Waals surface area (Å²) >= 11 is 0. The fraction of sp³-hybridized carbons (Fsp3) is 0.474. The molecular weight excluding hydrogens is 366 g/mol. The summed E-state index contributed by atoms with van der Waals surface area (Å²) in [6.45, 7) is 4.74. The monoisotopic (exact) mass is 391 g/mol. The van der Waals surface area contributed by atoms with Crippen molar-refractivity contribution in [3.05, 3.63) is 24.3 Å². The molecule has 0 atom stereocenters. The Morgan fingerprint density at radius 3 is 2.43 bits per heavy atom. The van der Waals surface area contributed by atoms with Crippen LogP contribution in [0, 0.1) is 0 Å². The molecule has 0 radical (unpaired) electrons. The minimum atomic E-state index is -0.988. The van der Waals surface area contributed by atoms with Crippen LogP contribution in [0.2, 0.25) is 0 Å². The highest BCUT2D eigenvalue weighted by Crippen LogP contribution is 2.25. The Hall–Kier alpha value is -3.10. The predicted molar refractivity (Wildman–Crippen MR) is 101 cm³/mol. The second-order valence-corrected chi connectivity index (χ2v) is 6.25. The van der Waals surface area contributed by atoms with Crippen molar-refractivity contribution in [3.8, 4) is 5.75 Å². The van der Waals surface area contributed by atoms with Crippen LogP contribution >= 0.6 is 0 Å². The molecule has 1 saturated heterocycles. The van der Waals surface area contributed by atoms with Gasteiger partial charge in [-0.1, -0.05) is 26.0 Å². The molecule has 0 saturated carbocycles. The van der Waals surface area contributed by atoms with E-state index in [2.05, 4.69) is 10.6 Å². The molecule has 2 rings (SSSR count). The second-order valence-electron chi connectivity index (χ2n) is 6.25. The third-order valence-corrected chi connectivity index (χ3v) is 4.57. The summed E-state index contributed by atoms with van der Waals surface area (Å²) < 4.78 is 10.3. The fourth-order valence-corrected chi connectivity index (χ4v) is 2.91. The van der Waals surface area contributed by atoms with Crippen LogP contribution in [0.25, 0.3) is 0 Å². The number of hydrogen-bond acceptors (Lipinski definition) is 6. The lowest BCUT2D eigenvalue weighted by Crippen LogP contribution is -2.46. The van der Waals surface area contributed by atoms with Gasteiger partial charge in [-0.25, -0.2) is 4.79 Å². The summed E-state index contributed by atoms with van der Waals surface area (Å²) in [7, 11) is 0. The van der Waals surface area contributed by atoms with Gasteiger partial charge in [0.15, 0.2) is 6.61 Å². The zero-order valence-electron chi connectivity index (χ0n) is 16.2. The Bertz CT molecular complexity index is 760. The highest BCUT2D eigenvalue weighted by molar-refractivity contribution is 6.08. The molecule has 1 heterocycles. The highest BCUT2D eigenvalue weighted by atomic mass is 16.5. The largest absolute Gasteiger partial charge is 0.492 e. The number of carbonyl (C=O) groups is 4. The van der Waals surface area contributed by atoms with E-state index in [0.29, 0.717) is 30.9 Å². The van der Waals surface area contributed by atoms with Crippen LogP contribution in [0.1, 0.15) is 33.6 Å². The molecule has 0 unspecified atom stereocenters. The van der Waals surface area contributed by atoms with Gasteiger partial charge in [0, 0.05) is 0 Å². The number of nitrogens with one attached hydrogen (secondary N) is 2. The average Bonchev–Trinajstić information content (AvgIpc) is 2.93. The molecule has 1 aliphatic heterocycles. The van der Waals surface area contributed by atoms with Crippen molar-refractivity contribution < 1.29 is 28.7 Å². The van der Waals surface area contributed by atoms with Gasteiger partial charge in [0.05, 0.1) is 12.3 Å². The number of benzene rings is 1. The van der Waals surface area contributed by atoms with E-state index < -0.39 is 42.5 Å². The van der Waals surface area contributed by atoms with Crippen LogP contribution in [0.15, 0.2) is 24.3 Å². The number of anilines is 1. The fourth-order valence-electron chi connectivity index (χ4n) is 2.91. The average molecular weight is 391 g/mol. The van der Waals surface area contributed by atoms with E-state index in [4.69, 9.17) is 9.47 Å². The van der Waals surface area contributed by atoms with Gasteiger partial charge in [0.25, 0.3) is 11.8 Å². The van der Waals surface area contributed by atoms with Crippen molar-refractivity contribution in [2.75, 3.05) is 25.1 Å². The molecule has 28 heavy (non-hydrogen) atoms. The highest BCUT2D eigenvalue weighted by Gasteiger charge is 2.49. The van der Waals surface area contributed by atoms with Crippen LogP contribution in [0.3, 0.4) is 0 Å². The summed E-state index contributed by atoms with van der Waals surface area (Å²) in [6, 6.07) is 6.23. The van der Waals surface area contributed by atoms with Crippen LogP contribution in [-0.2, 0) is 19.1 Å². The molecular formula is C19H25N3O6. The molecule has 0 aliphatic carbocycles. The number of carbonyl (C=O) groups excluding carboxylic acids is 4. The first-order valence-electron chi connectivity index (χ1n) is 9.18. The number of nitrogens with zero attached hydrogens (tertiary/aromatic N) is 1. The number of urea groups is 1. The smallest absolute Gasteiger partial charge is 0.326 e. The molecule has 9 nitrogen and oxygen atoms in total. The molecule has 1 aliphatic rings. The lowest BCUT2D eigenvalue weighted by molar-refractivity contribution is -0.150. The van der Waals surface area contributed by atoms with E-state index in [-0.39, 0.29) is 0 Å². The van der Waals surface area contributed by atoms with Gasteiger partial charge in [0.1, 0.15) is 17.8 Å². The van der Waals surface area contributed by atoms with Crippen molar-refractivity contribution in [2.45, 2.75) is 39.2 Å². The van der Waals surface area contributed by atoms with Gasteiger partial charge >= 0.3 is 12.0 Å². The van der Waals surface area contributed by atoms with E-state index in [1.165, 1.54) is 0 Å². The summed E-state index contributed by atoms with van der Waals surface area (Å²) in [5, 5.41) is 5.22. The Morgan fingerprint density at radius 1 is 1.14 bits per heavy atom. The maximum atomic E-state index is 12.5. The third kappa shape index (κ3) is 4.59. The summed E-state index contributed by atoms with van der Waals surface area (Å²) in [5.41, 5.74) is -0.535. The standard InChI is InChI=1S/C19H25N3O6/c1-4-19(5-2)17(25)22(18(26)21-19)11-16(24)28-12-15(23)20-13-9-7-8-10-14(13)27-6-3/h7-10H,4-6,11-12H2,1-3H3,(H,20,23)(H,21,26). The third-order valence-electron chi connectivity index (χ3n) is 4.57. The molecule has 152 valence electrons. The Morgan fingerprint density at radius 2 is 1.82 bits per heavy atom. The first kappa shape index (κ1) is 21.2. The SMILES string of the molecule is CCOc1ccccc1NC(=O)COC(=O)CN1C(=O)NC(CC)(CC)C1=O. The predicted octanol–water partition coefficient (Wildman–Crippen LogP) is 1.68. The normalized spacial score (nSPS) is 15.2. The van der Waals surface area contributed by atoms with Crippen molar-refractivity contribution >= 4 is 29.5 Å². The molecule has 0 spiro atoms. The van der Waals surface area contributed by atoms with Crippen LogP contribution in [-0.4, -0.2) is 54.0 Å². The zero-order valence-corrected chi connectivity index (χ0v) is 16.2. The molecule has 0 aromatic heterocycles. The van der Waals surface area contributed by atoms with E-state index in [1.54, 1.807) is 38.1 Å². The Kier molecular flexibility index (Phi) is 6.97. The number of rotatable bonds is 9.